The number of nitrogens with zero attached hydrogens (tertiary/aromatic N) is 3. The second-order valence-corrected chi connectivity index (χ2v) is 7.68. The van der Waals surface area contributed by atoms with E-state index in [4.69, 9.17) is 9.47 Å². The molecule has 2 atom stereocenters. The molecule has 152 valence electrons. The lowest BCUT2D eigenvalue weighted by molar-refractivity contribution is -0.385. The van der Waals surface area contributed by atoms with Gasteiger partial charge in [0, 0.05) is 44.4 Å². The van der Waals surface area contributed by atoms with E-state index in [-0.39, 0.29) is 11.7 Å². The number of anilines is 1. The van der Waals surface area contributed by atoms with E-state index in [2.05, 4.69) is 15.9 Å². The lowest BCUT2D eigenvalue weighted by atomic mass is 10.1. The van der Waals surface area contributed by atoms with Crippen LogP contribution in [-0.4, -0.2) is 60.4 Å². The van der Waals surface area contributed by atoms with Gasteiger partial charge in [-0.3, -0.25) is 15.0 Å². The zero-order valence-electron chi connectivity index (χ0n) is 16.0. The van der Waals surface area contributed by atoms with Crippen molar-refractivity contribution in [1.29, 1.82) is 0 Å². The Morgan fingerprint density at radius 1 is 1.07 bits per heavy atom. The minimum atomic E-state index is -0.697. The summed E-state index contributed by atoms with van der Waals surface area (Å²) in [6.07, 6.45) is 0.0179. The van der Waals surface area contributed by atoms with Gasteiger partial charge in [0.2, 0.25) is 0 Å². The third-order valence-corrected chi connectivity index (χ3v) is 6.12. The van der Waals surface area contributed by atoms with E-state index in [1.165, 1.54) is 12.1 Å². The van der Waals surface area contributed by atoms with Gasteiger partial charge in [-0.05, 0) is 29.7 Å². The SMILES string of the molecule is O=[N+]([O-])c1ccc2c(c1)[C@@H](O)[C@H](N1CCN(c3cccc4c3OCCO4)CC1)C2. The first-order valence-corrected chi connectivity index (χ1v) is 9.95. The van der Waals surface area contributed by atoms with E-state index < -0.39 is 11.0 Å². The standard InChI is InChI=1S/C21H23N3O5/c25-20-16-13-15(24(26)27)5-4-14(16)12-18(20)23-8-6-22(7-9-23)17-2-1-3-19-21(17)29-11-10-28-19/h1-5,13,18,20,25H,6-12H2/t18-,20-/m1/s1. The monoisotopic (exact) mass is 397 g/mol. The van der Waals surface area contributed by atoms with Crippen LogP contribution >= 0.6 is 0 Å². The Morgan fingerprint density at radius 3 is 2.66 bits per heavy atom. The number of ether oxygens (including phenoxy) is 2. The highest BCUT2D eigenvalue weighted by Gasteiger charge is 2.37. The number of nitro groups is 1. The van der Waals surface area contributed by atoms with Crippen LogP contribution in [0.2, 0.25) is 0 Å². The van der Waals surface area contributed by atoms with Crippen LogP contribution in [0.15, 0.2) is 36.4 Å². The molecule has 8 heteroatoms. The Hall–Kier alpha value is -2.84. The van der Waals surface area contributed by atoms with Gasteiger partial charge >= 0.3 is 0 Å². The fourth-order valence-corrected chi connectivity index (χ4v) is 4.63. The first-order valence-electron chi connectivity index (χ1n) is 9.95. The van der Waals surface area contributed by atoms with Crippen molar-refractivity contribution < 1.29 is 19.5 Å². The molecule has 8 nitrogen and oxygen atoms in total. The third kappa shape index (κ3) is 3.18. The third-order valence-electron chi connectivity index (χ3n) is 6.12. The number of para-hydroxylation sites is 1. The molecular formula is C21H23N3O5. The van der Waals surface area contributed by atoms with Crippen LogP contribution in [0.3, 0.4) is 0 Å². The van der Waals surface area contributed by atoms with Crippen molar-refractivity contribution in [3.63, 3.8) is 0 Å². The fraction of sp³-hybridized carbons (Fsp3) is 0.429. The van der Waals surface area contributed by atoms with Crippen LogP contribution in [0.4, 0.5) is 11.4 Å². The maximum Gasteiger partial charge on any atom is 0.269 e. The largest absolute Gasteiger partial charge is 0.486 e. The summed E-state index contributed by atoms with van der Waals surface area (Å²) < 4.78 is 11.5. The first kappa shape index (κ1) is 18.2. The number of piperazine rings is 1. The second-order valence-electron chi connectivity index (χ2n) is 7.68. The van der Waals surface area contributed by atoms with Gasteiger partial charge in [0.05, 0.1) is 16.7 Å². The maximum atomic E-state index is 11.1. The van der Waals surface area contributed by atoms with Crippen molar-refractivity contribution in [2.75, 3.05) is 44.3 Å². The van der Waals surface area contributed by atoms with Gasteiger partial charge in [-0.15, -0.1) is 0 Å². The average Bonchev–Trinajstić information content (AvgIpc) is 3.09. The van der Waals surface area contributed by atoms with E-state index in [0.29, 0.717) is 25.2 Å². The summed E-state index contributed by atoms with van der Waals surface area (Å²) in [5.41, 5.74) is 2.77. The van der Waals surface area contributed by atoms with Gasteiger partial charge in [-0.25, -0.2) is 0 Å². The molecule has 1 fully saturated rings. The molecule has 0 unspecified atom stereocenters. The number of fused-ring (bicyclic) bond motifs is 2. The molecule has 1 N–H and O–H groups in total. The highest BCUT2D eigenvalue weighted by atomic mass is 16.6. The predicted octanol–water partition coefficient (Wildman–Crippen LogP) is 2.15. The maximum absolute atomic E-state index is 11.1. The second kappa shape index (κ2) is 7.20. The molecule has 29 heavy (non-hydrogen) atoms. The van der Waals surface area contributed by atoms with Gasteiger partial charge < -0.3 is 19.5 Å². The molecular weight excluding hydrogens is 374 g/mol. The zero-order valence-corrected chi connectivity index (χ0v) is 16.0. The molecule has 0 amide bonds. The van der Waals surface area contributed by atoms with E-state index in [9.17, 15) is 15.2 Å². The molecule has 3 aliphatic rings. The number of benzene rings is 2. The van der Waals surface area contributed by atoms with Gasteiger partial charge in [-0.2, -0.15) is 0 Å². The Labute approximate surface area is 168 Å². The van der Waals surface area contributed by atoms with Crippen LogP contribution in [0.1, 0.15) is 17.2 Å². The smallest absolute Gasteiger partial charge is 0.269 e. The normalized spacial score (nSPS) is 23.7. The number of rotatable bonds is 3. The number of non-ortho nitro benzene ring substituents is 1. The topological polar surface area (TPSA) is 88.3 Å². The Bertz CT molecular complexity index is 942. The van der Waals surface area contributed by atoms with Crippen LogP contribution < -0.4 is 14.4 Å². The minimum Gasteiger partial charge on any atom is -0.486 e. The summed E-state index contributed by atoms with van der Waals surface area (Å²) >= 11 is 0. The summed E-state index contributed by atoms with van der Waals surface area (Å²) in [7, 11) is 0. The molecule has 2 aromatic rings. The summed E-state index contributed by atoms with van der Waals surface area (Å²) in [6.45, 7) is 4.38. The van der Waals surface area contributed by atoms with Gasteiger partial charge in [0.1, 0.15) is 13.2 Å². The van der Waals surface area contributed by atoms with Gasteiger partial charge in [-0.1, -0.05) is 12.1 Å². The molecule has 2 aromatic carbocycles. The van der Waals surface area contributed by atoms with Crippen molar-refractivity contribution >= 4 is 11.4 Å². The molecule has 0 bridgehead atoms. The van der Waals surface area contributed by atoms with Crippen molar-refractivity contribution in [1.82, 2.24) is 4.90 Å². The van der Waals surface area contributed by atoms with Crippen LogP contribution in [0.25, 0.3) is 0 Å². The van der Waals surface area contributed by atoms with Gasteiger partial charge in [0.25, 0.3) is 5.69 Å². The van der Waals surface area contributed by atoms with Crippen molar-refractivity contribution in [3.8, 4) is 11.5 Å². The highest BCUT2D eigenvalue weighted by Crippen LogP contribution is 2.41. The molecule has 0 saturated carbocycles. The number of hydrogen-bond acceptors (Lipinski definition) is 7. The zero-order chi connectivity index (χ0) is 20.0. The Balaban J connectivity index is 1.29. The molecule has 0 spiro atoms. The average molecular weight is 397 g/mol. The molecule has 5 rings (SSSR count). The Morgan fingerprint density at radius 2 is 1.86 bits per heavy atom. The first-order chi connectivity index (χ1) is 14.1. The quantitative estimate of drug-likeness (QED) is 0.627. The van der Waals surface area contributed by atoms with E-state index >= 15 is 0 Å². The number of aliphatic hydroxyl groups excluding tert-OH is 1. The molecule has 0 aromatic heterocycles. The molecule has 1 aliphatic carbocycles. The summed E-state index contributed by atoms with van der Waals surface area (Å²) in [4.78, 5) is 15.2. The molecule has 1 saturated heterocycles. The summed E-state index contributed by atoms with van der Waals surface area (Å²) in [5.74, 6) is 1.60. The molecule has 2 aliphatic heterocycles. The van der Waals surface area contributed by atoms with E-state index in [1.54, 1.807) is 6.07 Å². The van der Waals surface area contributed by atoms with E-state index in [0.717, 1.165) is 48.9 Å². The van der Waals surface area contributed by atoms with Crippen LogP contribution in [0.5, 0.6) is 11.5 Å². The lowest BCUT2D eigenvalue weighted by Crippen LogP contribution is -2.51. The van der Waals surface area contributed by atoms with Crippen molar-refractivity contribution in [2.45, 2.75) is 18.6 Å². The number of aliphatic hydroxyl groups is 1. The predicted molar refractivity (Wildman–Crippen MR) is 107 cm³/mol. The summed E-state index contributed by atoms with van der Waals surface area (Å²) in [6, 6.07) is 10.7. The fourth-order valence-electron chi connectivity index (χ4n) is 4.63. The number of hydrogen-bond donors (Lipinski definition) is 1. The Kier molecular flexibility index (Phi) is 4.52. The molecule has 0 radical (unpaired) electrons. The highest BCUT2D eigenvalue weighted by molar-refractivity contribution is 5.65. The lowest BCUT2D eigenvalue weighted by Gasteiger charge is -2.40. The number of nitro benzene ring substituents is 1. The summed E-state index contributed by atoms with van der Waals surface area (Å²) in [5, 5.41) is 21.9. The van der Waals surface area contributed by atoms with Crippen LogP contribution in [0, 0.1) is 10.1 Å². The van der Waals surface area contributed by atoms with Crippen LogP contribution in [-0.2, 0) is 6.42 Å². The van der Waals surface area contributed by atoms with E-state index in [1.807, 2.05) is 12.1 Å². The minimum absolute atomic E-state index is 0.0318. The van der Waals surface area contributed by atoms with Gasteiger partial charge in [0.15, 0.2) is 11.5 Å². The van der Waals surface area contributed by atoms with Crippen molar-refractivity contribution in [2.24, 2.45) is 0 Å². The molecule has 2 heterocycles. The van der Waals surface area contributed by atoms with Crippen molar-refractivity contribution in [3.05, 3.63) is 57.6 Å².